The van der Waals surface area contributed by atoms with E-state index in [0.29, 0.717) is 18.4 Å². The number of aliphatic hydroxyl groups excluding tert-OH is 2. The first-order chi connectivity index (χ1) is 10.4. The molecule has 3 N–H and O–H groups in total. The first-order valence-electron chi connectivity index (χ1n) is 7.46. The molecular formula is C14H18N2O6. The van der Waals surface area contributed by atoms with E-state index in [1.54, 1.807) is 6.92 Å². The maximum Gasteiger partial charge on any atom is 0.330 e. The van der Waals surface area contributed by atoms with Gasteiger partial charge in [-0.25, -0.2) is 4.79 Å². The molecule has 0 radical (unpaired) electrons. The summed E-state index contributed by atoms with van der Waals surface area (Å²) in [7, 11) is 0. The van der Waals surface area contributed by atoms with Gasteiger partial charge in [-0.1, -0.05) is 0 Å². The third kappa shape index (κ3) is 1.60. The molecule has 8 nitrogen and oxygen atoms in total. The minimum Gasteiger partial charge on any atom is -0.390 e. The van der Waals surface area contributed by atoms with Crippen LogP contribution < -0.4 is 11.2 Å². The Morgan fingerprint density at radius 3 is 2.91 bits per heavy atom. The van der Waals surface area contributed by atoms with Gasteiger partial charge in [-0.05, 0) is 26.2 Å². The number of hydrogen-bond donors (Lipinski definition) is 3. The van der Waals surface area contributed by atoms with E-state index in [1.165, 1.54) is 10.8 Å². The summed E-state index contributed by atoms with van der Waals surface area (Å²) in [5.74, 6) is 0. The number of nitrogens with one attached hydrogen (secondary N) is 1. The third-order valence-corrected chi connectivity index (χ3v) is 5.09. The second kappa shape index (κ2) is 4.51. The van der Waals surface area contributed by atoms with E-state index in [1.807, 2.05) is 0 Å². The molecule has 0 aromatic carbocycles. The Morgan fingerprint density at radius 2 is 2.14 bits per heavy atom. The lowest BCUT2D eigenvalue weighted by Gasteiger charge is -2.43. The third-order valence-electron chi connectivity index (χ3n) is 5.09. The van der Waals surface area contributed by atoms with Crippen LogP contribution in [0.25, 0.3) is 0 Å². The van der Waals surface area contributed by atoms with Crippen molar-refractivity contribution in [3.8, 4) is 0 Å². The van der Waals surface area contributed by atoms with Crippen molar-refractivity contribution in [1.29, 1.82) is 0 Å². The van der Waals surface area contributed by atoms with Crippen molar-refractivity contribution >= 4 is 0 Å². The lowest BCUT2D eigenvalue weighted by molar-refractivity contribution is -0.255. The highest BCUT2D eigenvalue weighted by Crippen LogP contribution is 2.53. The van der Waals surface area contributed by atoms with Crippen LogP contribution in [-0.2, 0) is 9.47 Å². The predicted octanol–water partition coefficient (Wildman–Crippen LogP) is -1.21. The van der Waals surface area contributed by atoms with E-state index in [-0.39, 0.29) is 6.10 Å². The van der Waals surface area contributed by atoms with E-state index in [0.717, 1.165) is 6.42 Å². The van der Waals surface area contributed by atoms with Crippen LogP contribution in [-0.4, -0.2) is 49.8 Å². The first-order valence-corrected chi connectivity index (χ1v) is 7.46. The molecule has 22 heavy (non-hydrogen) atoms. The fourth-order valence-electron chi connectivity index (χ4n) is 3.96. The van der Waals surface area contributed by atoms with Crippen LogP contribution in [0.15, 0.2) is 15.8 Å². The summed E-state index contributed by atoms with van der Waals surface area (Å²) in [6, 6.07) is 0. The van der Waals surface area contributed by atoms with Gasteiger partial charge in [0.15, 0.2) is 11.8 Å². The van der Waals surface area contributed by atoms with Gasteiger partial charge in [0.05, 0.1) is 12.2 Å². The van der Waals surface area contributed by atoms with Gasteiger partial charge in [0.1, 0.15) is 12.2 Å². The number of aryl methyl sites for hydroxylation is 1. The molecule has 1 aromatic heterocycles. The zero-order valence-corrected chi connectivity index (χ0v) is 12.1. The van der Waals surface area contributed by atoms with Crippen molar-refractivity contribution in [1.82, 2.24) is 9.55 Å². The molecule has 4 rings (SSSR count). The highest BCUT2D eigenvalue weighted by molar-refractivity contribution is 5.17. The molecule has 1 unspecified atom stereocenters. The van der Waals surface area contributed by atoms with Crippen molar-refractivity contribution in [3.63, 3.8) is 0 Å². The van der Waals surface area contributed by atoms with Gasteiger partial charge in [-0.15, -0.1) is 0 Å². The Kier molecular flexibility index (Phi) is 2.90. The molecule has 3 aliphatic rings. The number of rotatable bonds is 1. The monoisotopic (exact) mass is 310 g/mol. The summed E-state index contributed by atoms with van der Waals surface area (Å²) < 4.78 is 13.0. The fraction of sp³-hybridized carbons (Fsp3) is 0.714. The number of aromatic amines is 1. The highest BCUT2D eigenvalue weighted by atomic mass is 16.7. The van der Waals surface area contributed by atoms with E-state index in [2.05, 4.69) is 4.98 Å². The average Bonchev–Trinajstić information content (AvgIpc) is 2.92. The molecule has 0 amide bonds. The van der Waals surface area contributed by atoms with Crippen molar-refractivity contribution < 1.29 is 19.7 Å². The molecule has 1 saturated carbocycles. The second-order valence-corrected chi connectivity index (χ2v) is 6.32. The Labute approximate surface area is 125 Å². The van der Waals surface area contributed by atoms with Crippen LogP contribution >= 0.6 is 0 Å². The lowest BCUT2D eigenvalue weighted by atomic mass is 9.78. The van der Waals surface area contributed by atoms with E-state index in [9.17, 15) is 19.8 Å². The molecule has 1 aromatic rings. The Hall–Kier alpha value is -1.48. The molecule has 3 heterocycles. The largest absolute Gasteiger partial charge is 0.390 e. The van der Waals surface area contributed by atoms with Gasteiger partial charge in [-0.3, -0.25) is 14.3 Å². The number of aromatic nitrogens is 2. The van der Waals surface area contributed by atoms with Crippen molar-refractivity contribution in [2.24, 2.45) is 0 Å². The first kappa shape index (κ1) is 14.1. The fourth-order valence-corrected chi connectivity index (χ4v) is 3.96. The van der Waals surface area contributed by atoms with Crippen molar-refractivity contribution in [3.05, 3.63) is 32.6 Å². The van der Waals surface area contributed by atoms with Gasteiger partial charge < -0.3 is 19.7 Å². The van der Waals surface area contributed by atoms with Gasteiger partial charge >= 0.3 is 5.69 Å². The SMILES string of the molecule is Cc1cn([C@@H]2OC34[C@H](O)CCC[C@@H]3O[C@@H]2[C@@H]4O)c(=O)[nH]c1=O. The minimum absolute atomic E-state index is 0.360. The quantitative estimate of drug-likeness (QED) is 0.599. The van der Waals surface area contributed by atoms with Crippen molar-refractivity contribution in [2.75, 3.05) is 0 Å². The molecule has 2 bridgehead atoms. The summed E-state index contributed by atoms with van der Waals surface area (Å²) in [5.41, 5.74) is -1.91. The van der Waals surface area contributed by atoms with Crippen molar-refractivity contribution in [2.45, 2.75) is 62.4 Å². The second-order valence-electron chi connectivity index (χ2n) is 6.32. The minimum atomic E-state index is -1.18. The Balaban J connectivity index is 1.77. The summed E-state index contributed by atoms with van der Waals surface area (Å²) in [5, 5.41) is 20.9. The van der Waals surface area contributed by atoms with E-state index in [4.69, 9.17) is 9.47 Å². The van der Waals surface area contributed by atoms with Gasteiger partial charge in [0.2, 0.25) is 0 Å². The lowest BCUT2D eigenvalue weighted by Crippen LogP contribution is -2.58. The standard InChI is InChI=1S/C14H18N2O6/c1-6-5-16(13(20)15-11(6)19)12-9-10(18)14(22-12)7(17)3-2-4-8(14)21-9/h5,7-10,12,17-18H,2-4H2,1H3,(H,15,19,20)/t7-,8+,9-,10+,12-,14?/m1/s1. The molecule has 2 aliphatic heterocycles. The summed E-state index contributed by atoms with van der Waals surface area (Å²) in [6.07, 6.45) is -0.378. The molecule has 3 fully saturated rings. The summed E-state index contributed by atoms with van der Waals surface area (Å²) >= 11 is 0. The molecule has 1 spiro atoms. The molecule has 8 heteroatoms. The highest BCUT2D eigenvalue weighted by Gasteiger charge is 2.70. The predicted molar refractivity (Wildman–Crippen MR) is 73.4 cm³/mol. The Morgan fingerprint density at radius 1 is 1.36 bits per heavy atom. The molecular weight excluding hydrogens is 292 g/mol. The average molecular weight is 310 g/mol. The van der Waals surface area contributed by atoms with E-state index >= 15 is 0 Å². The maximum absolute atomic E-state index is 12.0. The zero-order valence-electron chi connectivity index (χ0n) is 12.1. The topological polar surface area (TPSA) is 114 Å². The molecule has 6 atom stereocenters. The smallest absolute Gasteiger partial charge is 0.330 e. The van der Waals surface area contributed by atoms with Gasteiger partial charge in [0.25, 0.3) is 5.56 Å². The molecule has 1 aliphatic carbocycles. The van der Waals surface area contributed by atoms with Crippen LogP contribution in [0, 0.1) is 6.92 Å². The number of nitrogens with zero attached hydrogens (tertiary/aromatic N) is 1. The Bertz CT molecular complexity index is 727. The van der Waals surface area contributed by atoms with Gasteiger partial charge in [-0.2, -0.15) is 0 Å². The maximum atomic E-state index is 12.0. The number of ether oxygens (including phenoxy) is 2. The van der Waals surface area contributed by atoms with Crippen LogP contribution in [0.2, 0.25) is 0 Å². The summed E-state index contributed by atoms with van der Waals surface area (Å²) in [6.45, 7) is 1.58. The normalized spacial score (nSPS) is 43.3. The molecule has 2 saturated heterocycles. The van der Waals surface area contributed by atoms with Crippen LogP contribution in [0.5, 0.6) is 0 Å². The van der Waals surface area contributed by atoms with Crippen LogP contribution in [0.1, 0.15) is 31.1 Å². The number of aliphatic hydroxyl groups is 2. The summed E-state index contributed by atoms with van der Waals surface area (Å²) in [4.78, 5) is 25.7. The van der Waals surface area contributed by atoms with Crippen LogP contribution in [0.4, 0.5) is 0 Å². The van der Waals surface area contributed by atoms with Crippen LogP contribution in [0.3, 0.4) is 0 Å². The number of hydrogen-bond acceptors (Lipinski definition) is 6. The van der Waals surface area contributed by atoms with Gasteiger partial charge in [0, 0.05) is 11.8 Å². The number of H-pyrrole nitrogens is 1. The number of fused-ring (bicyclic) bond motifs is 1. The molecule has 120 valence electrons. The van der Waals surface area contributed by atoms with E-state index < -0.39 is 41.4 Å². The zero-order chi connectivity index (χ0) is 15.6.